The Morgan fingerprint density at radius 1 is 0.950 bits per heavy atom. The minimum atomic E-state index is -4.18. The Hall–Kier alpha value is -3.92. The maximum atomic E-state index is 14.6. The molecule has 0 spiro atoms. The third-order valence-electron chi connectivity index (χ3n) is 6.34. The van der Waals surface area contributed by atoms with Crippen LogP contribution in [0.5, 0.6) is 5.75 Å². The summed E-state index contributed by atoms with van der Waals surface area (Å²) in [6.45, 7) is 5.43. The van der Waals surface area contributed by atoms with Crippen molar-refractivity contribution in [2.24, 2.45) is 0 Å². The number of rotatable bonds is 14. The molecule has 3 aromatic rings. The lowest BCUT2D eigenvalue weighted by Crippen LogP contribution is -2.51. The molecule has 0 saturated heterocycles. The fourth-order valence-electron chi connectivity index (χ4n) is 4.05. The Balaban J connectivity index is 2.00. The maximum Gasteiger partial charge on any atom is 0.264 e. The van der Waals surface area contributed by atoms with Crippen molar-refractivity contribution in [3.63, 3.8) is 0 Å². The molecular formula is C30H36FN3O5S. The number of ether oxygens (including phenoxy) is 1. The van der Waals surface area contributed by atoms with Gasteiger partial charge in [0, 0.05) is 18.7 Å². The Morgan fingerprint density at radius 3 is 2.23 bits per heavy atom. The summed E-state index contributed by atoms with van der Waals surface area (Å²) in [5.41, 5.74) is 0.453. The number of hydrogen-bond acceptors (Lipinski definition) is 5. The Labute approximate surface area is 235 Å². The van der Waals surface area contributed by atoms with Crippen LogP contribution in [0.2, 0.25) is 0 Å². The van der Waals surface area contributed by atoms with E-state index < -0.39 is 40.2 Å². The average molecular weight is 570 g/mol. The molecule has 0 fully saturated rings. The summed E-state index contributed by atoms with van der Waals surface area (Å²) in [5.74, 6) is -1.04. The van der Waals surface area contributed by atoms with E-state index in [0.717, 1.165) is 17.1 Å². The van der Waals surface area contributed by atoms with Gasteiger partial charge in [-0.05, 0) is 62.7 Å². The number of benzene rings is 3. The molecule has 3 aromatic carbocycles. The molecule has 214 valence electrons. The van der Waals surface area contributed by atoms with Crippen molar-refractivity contribution in [3.05, 3.63) is 90.2 Å². The van der Waals surface area contributed by atoms with Gasteiger partial charge in [-0.3, -0.25) is 13.9 Å². The van der Waals surface area contributed by atoms with Crippen LogP contribution >= 0.6 is 0 Å². The maximum absolute atomic E-state index is 14.6. The minimum absolute atomic E-state index is 0.00250. The van der Waals surface area contributed by atoms with Crippen molar-refractivity contribution in [1.29, 1.82) is 0 Å². The summed E-state index contributed by atoms with van der Waals surface area (Å²) in [7, 11) is -4.18. The Kier molecular flexibility index (Phi) is 11.1. The van der Waals surface area contributed by atoms with Crippen molar-refractivity contribution in [3.8, 4) is 5.75 Å². The van der Waals surface area contributed by atoms with Gasteiger partial charge in [-0.25, -0.2) is 12.8 Å². The van der Waals surface area contributed by atoms with Crippen LogP contribution in [0, 0.1) is 5.82 Å². The topological polar surface area (TPSA) is 96.0 Å². The van der Waals surface area contributed by atoms with Gasteiger partial charge in [0.25, 0.3) is 10.0 Å². The molecule has 0 heterocycles. The molecular weight excluding hydrogens is 533 g/mol. The first-order valence-electron chi connectivity index (χ1n) is 13.3. The minimum Gasteiger partial charge on any atom is -0.494 e. The third-order valence-corrected chi connectivity index (χ3v) is 8.13. The molecule has 0 saturated carbocycles. The van der Waals surface area contributed by atoms with Crippen molar-refractivity contribution < 1.29 is 27.1 Å². The predicted molar refractivity (Wildman–Crippen MR) is 153 cm³/mol. The van der Waals surface area contributed by atoms with Crippen LogP contribution in [-0.2, 0) is 26.2 Å². The lowest BCUT2D eigenvalue weighted by Gasteiger charge is -2.32. The van der Waals surface area contributed by atoms with Crippen LogP contribution < -0.4 is 14.4 Å². The molecule has 0 aliphatic carbocycles. The van der Waals surface area contributed by atoms with Gasteiger partial charge in [-0.15, -0.1) is 0 Å². The summed E-state index contributed by atoms with van der Waals surface area (Å²) >= 11 is 0. The van der Waals surface area contributed by atoms with Crippen molar-refractivity contribution in [2.45, 2.75) is 51.1 Å². The summed E-state index contributed by atoms with van der Waals surface area (Å²) in [5, 5.41) is 2.81. The number of carbonyl (C=O) groups is 2. The molecule has 0 bridgehead atoms. The molecule has 0 radical (unpaired) electrons. The highest BCUT2D eigenvalue weighted by Crippen LogP contribution is 2.26. The first-order valence-corrected chi connectivity index (χ1v) is 14.7. The second-order valence-electron chi connectivity index (χ2n) is 9.19. The first-order chi connectivity index (χ1) is 19.2. The number of halogens is 1. The summed E-state index contributed by atoms with van der Waals surface area (Å²) < 4.78 is 48.6. The molecule has 1 N–H and O–H groups in total. The Bertz CT molecular complexity index is 1370. The molecule has 8 nitrogen and oxygen atoms in total. The highest BCUT2D eigenvalue weighted by atomic mass is 32.2. The molecule has 1 unspecified atom stereocenters. The van der Waals surface area contributed by atoms with Crippen LogP contribution in [0.4, 0.5) is 10.1 Å². The van der Waals surface area contributed by atoms with Gasteiger partial charge in [-0.1, -0.05) is 49.7 Å². The van der Waals surface area contributed by atoms with Gasteiger partial charge in [-0.2, -0.15) is 0 Å². The zero-order chi connectivity index (χ0) is 29.1. The third kappa shape index (κ3) is 7.81. The van der Waals surface area contributed by atoms with E-state index in [2.05, 4.69) is 5.32 Å². The standard InChI is InChI=1S/C30H36FN3O5S/c1-4-6-20-32-30(36)23(3)33(21-24-12-10-11-15-28(24)31)29(35)22-34(25-16-18-26(19-17-25)39-5-2)40(37,38)27-13-8-7-9-14-27/h7-19,23H,4-6,20-22H2,1-3H3,(H,32,36). The monoisotopic (exact) mass is 569 g/mol. The highest BCUT2D eigenvalue weighted by molar-refractivity contribution is 7.92. The number of nitrogens with zero attached hydrogens (tertiary/aromatic N) is 2. The zero-order valence-corrected chi connectivity index (χ0v) is 23.9. The molecule has 1 atom stereocenters. The zero-order valence-electron chi connectivity index (χ0n) is 23.0. The van der Waals surface area contributed by atoms with E-state index in [4.69, 9.17) is 4.74 Å². The number of nitrogens with one attached hydrogen (secondary N) is 1. The van der Waals surface area contributed by atoms with Gasteiger partial charge in [0.2, 0.25) is 11.8 Å². The molecule has 3 rings (SSSR count). The Morgan fingerprint density at radius 2 is 1.60 bits per heavy atom. The first kappa shape index (κ1) is 30.6. The largest absolute Gasteiger partial charge is 0.494 e. The van der Waals surface area contributed by atoms with Crippen LogP contribution in [0.3, 0.4) is 0 Å². The smallest absolute Gasteiger partial charge is 0.264 e. The molecule has 0 aliphatic rings. The molecule has 2 amide bonds. The van der Waals surface area contributed by atoms with E-state index in [1.54, 1.807) is 55.5 Å². The lowest BCUT2D eigenvalue weighted by molar-refractivity contribution is -0.139. The van der Waals surface area contributed by atoms with E-state index in [9.17, 15) is 22.4 Å². The second kappa shape index (κ2) is 14.5. The fourth-order valence-corrected chi connectivity index (χ4v) is 5.49. The van der Waals surface area contributed by atoms with Crippen LogP contribution in [0.15, 0.2) is 83.8 Å². The van der Waals surface area contributed by atoms with Gasteiger partial charge >= 0.3 is 0 Å². The summed E-state index contributed by atoms with van der Waals surface area (Å²) in [4.78, 5) is 28.0. The van der Waals surface area contributed by atoms with E-state index in [1.165, 1.54) is 35.2 Å². The number of hydrogen-bond donors (Lipinski definition) is 1. The van der Waals surface area contributed by atoms with E-state index in [1.807, 2.05) is 13.8 Å². The number of carbonyl (C=O) groups excluding carboxylic acids is 2. The van der Waals surface area contributed by atoms with Gasteiger partial charge < -0.3 is 15.0 Å². The molecule has 0 aromatic heterocycles. The summed E-state index contributed by atoms with van der Waals surface area (Å²) in [6.07, 6.45) is 1.64. The number of unbranched alkanes of at least 4 members (excludes halogenated alkanes) is 1. The number of anilines is 1. The molecule has 10 heteroatoms. The van der Waals surface area contributed by atoms with Crippen LogP contribution in [0.1, 0.15) is 39.2 Å². The van der Waals surface area contributed by atoms with Crippen molar-refractivity contribution in [1.82, 2.24) is 10.2 Å². The SMILES string of the molecule is CCCCNC(=O)C(C)N(Cc1ccccc1F)C(=O)CN(c1ccc(OCC)cc1)S(=O)(=O)c1ccccc1. The number of amides is 2. The predicted octanol–water partition coefficient (Wildman–Crippen LogP) is 4.75. The van der Waals surface area contributed by atoms with Crippen LogP contribution in [-0.4, -0.2) is 50.9 Å². The molecule has 40 heavy (non-hydrogen) atoms. The van der Waals surface area contributed by atoms with E-state index in [0.29, 0.717) is 18.9 Å². The van der Waals surface area contributed by atoms with Crippen molar-refractivity contribution >= 4 is 27.5 Å². The highest BCUT2D eigenvalue weighted by Gasteiger charge is 2.32. The van der Waals surface area contributed by atoms with Crippen LogP contribution in [0.25, 0.3) is 0 Å². The van der Waals surface area contributed by atoms with Gasteiger partial charge in [0.15, 0.2) is 0 Å². The molecule has 0 aliphatic heterocycles. The lowest BCUT2D eigenvalue weighted by atomic mass is 10.1. The van der Waals surface area contributed by atoms with Gasteiger partial charge in [0.1, 0.15) is 24.2 Å². The van der Waals surface area contributed by atoms with Crippen molar-refractivity contribution in [2.75, 3.05) is 24.0 Å². The average Bonchev–Trinajstić information content (AvgIpc) is 2.96. The second-order valence-corrected chi connectivity index (χ2v) is 11.0. The fraction of sp³-hybridized carbons (Fsp3) is 0.333. The van der Waals surface area contributed by atoms with E-state index in [-0.39, 0.29) is 22.7 Å². The van der Waals surface area contributed by atoms with E-state index >= 15 is 0 Å². The quantitative estimate of drug-likeness (QED) is 0.283. The van der Waals surface area contributed by atoms with Gasteiger partial charge in [0.05, 0.1) is 17.2 Å². The number of sulfonamides is 1. The normalized spacial score (nSPS) is 11.9. The summed E-state index contributed by atoms with van der Waals surface area (Å²) in [6, 6.07) is 19.1.